The first kappa shape index (κ1) is 14.0. The molecule has 0 aromatic rings. The molecule has 1 heterocycles. The predicted molar refractivity (Wildman–Crippen MR) is 71.8 cm³/mol. The molecule has 1 aliphatic heterocycles. The first-order chi connectivity index (χ1) is 7.67. The molecule has 0 saturated carbocycles. The highest BCUT2D eigenvalue weighted by Crippen LogP contribution is 2.21. The molecule has 1 aliphatic rings. The highest BCUT2D eigenvalue weighted by Gasteiger charge is 2.22. The molecule has 0 bridgehead atoms. The molecule has 0 amide bonds. The molecule has 1 fully saturated rings. The van der Waals surface area contributed by atoms with Crippen LogP contribution in [0.4, 0.5) is 0 Å². The van der Waals surface area contributed by atoms with Gasteiger partial charge in [-0.15, -0.1) is 0 Å². The molecule has 1 N–H and O–H groups in total. The van der Waals surface area contributed by atoms with Crippen LogP contribution >= 0.6 is 0 Å². The normalized spacial score (nSPS) is 29.2. The van der Waals surface area contributed by atoms with Gasteiger partial charge in [0.2, 0.25) is 0 Å². The third kappa shape index (κ3) is 4.42. The van der Waals surface area contributed by atoms with E-state index in [2.05, 4.69) is 38.0 Å². The van der Waals surface area contributed by atoms with E-state index in [1.807, 2.05) is 0 Å². The highest BCUT2D eigenvalue weighted by molar-refractivity contribution is 4.77. The van der Waals surface area contributed by atoms with Gasteiger partial charge in [-0.2, -0.15) is 0 Å². The van der Waals surface area contributed by atoms with Crippen molar-refractivity contribution in [1.29, 1.82) is 0 Å². The lowest BCUT2D eigenvalue weighted by molar-refractivity contribution is 0.121. The molecule has 2 heteroatoms. The Morgan fingerprint density at radius 2 is 2.06 bits per heavy atom. The van der Waals surface area contributed by atoms with Crippen LogP contribution in [0.15, 0.2) is 0 Å². The summed E-state index contributed by atoms with van der Waals surface area (Å²) < 4.78 is 0. The van der Waals surface area contributed by atoms with Gasteiger partial charge >= 0.3 is 0 Å². The number of hydrogen-bond acceptors (Lipinski definition) is 2. The molecule has 0 aromatic heterocycles. The van der Waals surface area contributed by atoms with Crippen LogP contribution in [0.5, 0.6) is 0 Å². The quantitative estimate of drug-likeness (QED) is 0.749. The minimum atomic E-state index is 0.720. The van der Waals surface area contributed by atoms with E-state index in [-0.39, 0.29) is 0 Å². The first-order valence-electron chi connectivity index (χ1n) is 7.08. The molecule has 0 radical (unpaired) electrons. The van der Waals surface area contributed by atoms with Crippen LogP contribution in [0.1, 0.15) is 52.9 Å². The van der Waals surface area contributed by atoms with Gasteiger partial charge in [0.05, 0.1) is 0 Å². The standard InChI is InChI=1S/C14H30N2/c1-5-14(15-4)7-6-10-16-11-12(2)8-9-13(16)3/h12-15H,5-11H2,1-4H3. The molecule has 96 valence electrons. The number of rotatable bonds is 6. The molecule has 1 rings (SSSR count). The summed E-state index contributed by atoms with van der Waals surface area (Å²) in [7, 11) is 2.08. The number of nitrogens with zero attached hydrogens (tertiary/aromatic N) is 1. The first-order valence-corrected chi connectivity index (χ1v) is 7.08. The van der Waals surface area contributed by atoms with Gasteiger partial charge < -0.3 is 10.2 Å². The van der Waals surface area contributed by atoms with Gasteiger partial charge in [0.1, 0.15) is 0 Å². The van der Waals surface area contributed by atoms with Crippen molar-refractivity contribution in [2.45, 2.75) is 65.0 Å². The second kappa shape index (κ2) is 7.29. The van der Waals surface area contributed by atoms with E-state index in [9.17, 15) is 0 Å². The average Bonchev–Trinajstić information content (AvgIpc) is 2.29. The van der Waals surface area contributed by atoms with E-state index in [1.54, 1.807) is 0 Å². The molecule has 3 atom stereocenters. The SMILES string of the molecule is CCC(CCCN1CC(C)CCC1C)NC. The zero-order valence-corrected chi connectivity index (χ0v) is 11.6. The predicted octanol–water partition coefficient (Wildman–Crippen LogP) is 2.89. The lowest BCUT2D eigenvalue weighted by atomic mass is 9.94. The maximum atomic E-state index is 3.39. The van der Waals surface area contributed by atoms with Gasteiger partial charge in [0, 0.05) is 18.6 Å². The van der Waals surface area contributed by atoms with Crippen LogP contribution in [-0.2, 0) is 0 Å². The van der Waals surface area contributed by atoms with Crippen LogP contribution in [-0.4, -0.2) is 37.1 Å². The average molecular weight is 226 g/mol. The van der Waals surface area contributed by atoms with Crippen molar-refractivity contribution in [3.63, 3.8) is 0 Å². The van der Waals surface area contributed by atoms with Crippen LogP contribution in [0.2, 0.25) is 0 Å². The summed E-state index contributed by atoms with van der Waals surface area (Å²) in [5.41, 5.74) is 0. The lowest BCUT2D eigenvalue weighted by Gasteiger charge is -2.37. The summed E-state index contributed by atoms with van der Waals surface area (Å²) in [6, 6.07) is 1.53. The molecule has 0 aliphatic carbocycles. The zero-order valence-electron chi connectivity index (χ0n) is 11.6. The minimum Gasteiger partial charge on any atom is -0.317 e. The summed E-state index contributed by atoms with van der Waals surface area (Å²) in [5, 5.41) is 3.39. The third-order valence-electron chi connectivity index (χ3n) is 4.15. The van der Waals surface area contributed by atoms with Crippen molar-refractivity contribution in [3.05, 3.63) is 0 Å². The Balaban J connectivity index is 2.20. The van der Waals surface area contributed by atoms with Gasteiger partial charge in [-0.3, -0.25) is 0 Å². The fraction of sp³-hybridized carbons (Fsp3) is 1.00. The Labute approximate surface area is 102 Å². The molecule has 16 heavy (non-hydrogen) atoms. The van der Waals surface area contributed by atoms with Gasteiger partial charge in [-0.1, -0.05) is 13.8 Å². The third-order valence-corrected chi connectivity index (χ3v) is 4.15. The molecule has 3 unspecified atom stereocenters. The summed E-state index contributed by atoms with van der Waals surface area (Å²) in [6.07, 6.45) is 6.74. The van der Waals surface area contributed by atoms with E-state index < -0.39 is 0 Å². The highest BCUT2D eigenvalue weighted by atomic mass is 15.2. The molecule has 0 spiro atoms. The Hall–Kier alpha value is -0.0800. The summed E-state index contributed by atoms with van der Waals surface area (Å²) in [4.78, 5) is 2.69. The van der Waals surface area contributed by atoms with Gasteiger partial charge in [-0.25, -0.2) is 0 Å². The smallest absolute Gasteiger partial charge is 0.00671 e. The van der Waals surface area contributed by atoms with E-state index in [4.69, 9.17) is 0 Å². The monoisotopic (exact) mass is 226 g/mol. The number of nitrogens with one attached hydrogen (secondary N) is 1. The molecule has 1 saturated heterocycles. The van der Waals surface area contributed by atoms with Crippen molar-refractivity contribution in [1.82, 2.24) is 10.2 Å². The van der Waals surface area contributed by atoms with E-state index in [0.717, 1.165) is 18.0 Å². The van der Waals surface area contributed by atoms with Crippen molar-refractivity contribution >= 4 is 0 Å². The Morgan fingerprint density at radius 3 is 2.69 bits per heavy atom. The number of piperidine rings is 1. The largest absolute Gasteiger partial charge is 0.317 e. The number of hydrogen-bond donors (Lipinski definition) is 1. The summed E-state index contributed by atoms with van der Waals surface area (Å²) in [6.45, 7) is 9.66. The topological polar surface area (TPSA) is 15.3 Å². The Kier molecular flexibility index (Phi) is 6.37. The van der Waals surface area contributed by atoms with Crippen molar-refractivity contribution < 1.29 is 0 Å². The van der Waals surface area contributed by atoms with Crippen LogP contribution < -0.4 is 5.32 Å². The second-order valence-electron chi connectivity index (χ2n) is 5.56. The van der Waals surface area contributed by atoms with Gasteiger partial charge in [0.25, 0.3) is 0 Å². The Bertz CT molecular complexity index is 178. The fourth-order valence-corrected chi connectivity index (χ4v) is 2.78. The number of likely N-dealkylation sites (tertiary alicyclic amines) is 1. The zero-order chi connectivity index (χ0) is 12.0. The molecule has 2 nitrogen and oxygen atoms in total. The maximum Gasteiger partial charge on any atom is 0.00671 e. The fourth-order valence-electron chi connectivity index (χ4n) is 2.78. The van der Waals surface area contributed by atoms with E-state index in [1.165, 1.54) is 45.2 Å². The summed E-state index contributed by atoms with van der Waals surface area (Å²) in [5.74, 6) is 0.905. The lowest BCUT2D eigenvalue weighted by Crippen LogP contribution is -2.41. The van der Waals surface area contributed by atoms with Crippen LogP contribution in [0, 0.1) is 5.92 Å². The summed E-state index contributed by atoms with van der Waals surface area (Å²) >= 11 is 0. The van der Waals surface area contributed by atoms with Crippen molar-refractivity contribution in [2.75, 3.05) is 20.1 Å². The van der Waals surface area contributed by atoms with Crippen molar-refractivity contribution in [3.8, 4) is 0 Å². The molecular weight excluding hydrogens is 196 g/mol. The van der Waals surface area contributed by atoms with Gasteiger partial charge in [-0.05, 0) is 58.5 Å². The van der Waals surface area contributed by atoms with Gasteiger partial charge in [0.15, 0.2) is 0 Å². The van der Waals surface area contributed by atoms with E-state index >= 15 is 0 Å². The van der Waals surface area contributed by atoms with Crippen LogP contribution in [0.25, 0.3) is 0 Å². The Morgan fingerprint density at radius 1 is 1.31 bits per heavy atom. The molecule has 0 aromatic carbocycles. The minimum absolute atomic E-state index is 0.720. The van der Waals surface area contributed by atoms with Crippen LogP contribution in [0.3, 0.4) is 0 Å². The maximum absolute atomic E-state index is 3.39. The second-order valence-corrected chi connectivity index (χ2v) is 5.56. The van der Waals surface area contributed by atoms with Crippen molar-refractivity contribution in [2.24, 2.45) is 5.92 Å². The molecular formula is C14H30N2. The van der Waals surface area contributed by atoms with E-state index in [0.29, 0.717) is 0 Å².